The third kappa shape index (κ3) is 11.8. The lowest BCUT2D eigenvalue weighted by Gasteiger charge is -2.07. The molecule has 0 rings (SSSR count). The maximum atomic E-state index is 10.5. The minimum absolute atomic E-state index is 0.102. The lowest BCUT2D eigenvalue weighted by Crippen LogP contribution is -2.12. The zero-order valence-electron chi connectivity index (χ0n) is 13.3. The molecular weight excluding hydrogens is 256 g/mol. The molecule has 0 fully saturated rings. The first-order valence-corrected chi connectivity index (χ1v) is 7.59. The highest BCUT2D eigenvalue weighted by atomic mass is 16.4. The second kappa shape index (κ2) is 14.1. The van der Waals surface area contributed by atoms with Gasteiger partial charge in [0.1, 0.15) is 0 Å². The van der Waals surface area contributed by atoms with E-state index in [0.29, 0.717) is 12.0 Å². The van der Waals surface area contributed by atoms with Gasteiger partial charge in [-0.05, 0) is 25.7 Å². The van der Waals surface area contributed by atoms with Gasteiger partial charge in [0, 0.05) is 5.57 Å². The van der Waals surface area contributed by atoms with Gasteiger partial charge in [-0.1, -0.05) is 53.0 Å². The molecule has 0 radical (unpaired) electrons. The summed E-state index contributed by atoms with van der Waals surface area (Å²) in [6.07, 6.45) is 7.75. The maximum Gasteiger partial charge on any atom is 0.331 e. The van der Waals surface area contributed by atoms with Gasteiger partial charge in [-0.15, -0.1) is 0 Å². The van der Waals surface area contributed by atoms with Crippen LogP contribution in [0.4, 0.5) is 0 Å². The van der Waals surface area contributed by atoms with Crippen molar-refractivity contribution in [1.29, 1.82) is 0 Å². The van der Waals surface area contributed by atoms with E-state index in [4.69, 9.17) is 10.2 Å². The molecule has 20 heavy (non-hydrogen) atoms. The van der Waals surface area contributed by atoms with Crippen LogP contribution < -0.4 is 0 Å². The van der Waals surface area contributed by atoms with E-state index in [9.17, 15) is 9.59 Å². The summed E-state index contributed by atoms with van der Waals surface area (Å²) in [6, 6.07) is 0. The van der Waals surface area contributed by atoms with Crippen LogP contribution in [0.25, 0.3) is 0 Å². The summed E-state index contributed by atoms with van der Waals surface area (Å²) in [5.41, 5.74) is 0.546. The van der Waals surface area contributed by atoms with Crippen molar-refractivity contribution in [2.75, 3.05) is 0 Å². The lowest BCUT2D eigenvalue weighted by atomic mass is 9.99. The summed E-state index contributed by atoms with van der Waals surface area (Å²) in [5.74, 6) is -1.51. The molecule has 0 aromatic carbocycles. The third-order valence-electron chi connectivity index (χ3n) is 2.87. The quantitative estimate of drug-likeness (QED) is 0.612. The molecule has 0 aromatic rings. The molecule has 0 atom stereocenters. The molecule has 0 saturated carbocycles. The highest BCUT2D eigenvalue weighted by Crippen LogP contribution is 2.12. The Morgan fingerprint density at radius 3 is 1.70 bits per heavy atom. The van der Waals surface area contributed by atoms with Crippen molar-refractivity contribution in [1.82, 2.24) is 0 Å². The zero-order chi connectivity index (χ0) is 16.0. The van der Waals surface area contributed by atoms with Crippen LogP contribution in [0.1, 0.15) is 72.6 Å². The normalized spacial score (nSPS) is 10.9. The maximum absolute atomic E-state index is 10.5. The molecule has 118 valence electrons. The number of allylic oxidation sites excluding steroid dienone is 1. The van der Waals surface area contributed by atoms with E-state index in [-0.39, 0.29) is 5.92 Å². The van der Waals surface area contributed by atoms with E-state index in [1.165, 1.54) is 0 Å². The van der Waals surface area contributed by atoms with Crippen molar-refractivity contribution in [2.24, 2.45) is 5.92 Å². The summed E-state index contributed by atoms with van der Waals surface area (Å²) >= 11 is 0. The summed E-state index contributed by atoms with van der Waals surface area (Å²) in [7, 11) is 0. The average molecular weight is 286 g/mol. The molecule has 0 aliphatic heterocycles. The lowest BCUT2D eigenvalue weighted by molar-refractivity contribution is -0.142. The molecule has 2 N–H and O–H groups in total. The van der Waals surface area contributed by atoms with Crippen LogP contribution in [0.2, 0.25) is 0 Å². The zero-order valence-corrected chi connectivity index (χ0v) is 13.3. The van der Waals surface area contributed by atoms with Crippen LogP contribution in [0.5, 0.6) is 0 Å². The summed E-state index contributed by atoms with van der Waals surface area (Å²) in [6.45, 7) is 7.96. The van der Waals surface area contributed by atoms with Crippen molar-refractivity contribution in [3.05, 3.63) is 11.6 Å². The highest BCUT2D eigenvalue weighted by molar-refractivity contribution is 5.86. The van der Waals surface area contributed by atoms with Crippen molar-refractivity contribution in [3.63, 3.8) is 0 Å². The van der Waals surface area contributed by atoms with Gasteiger partial charge < -0.3 is 10.2 Å². The fourth-order valence-corrected chi connectivity index (χ4v) is 1.90. The van der Waals surface area contributed by atoms with Gasteiger partial charge in [0.25, 0.3) is 0 Å². The second-order valence-corrected chi connectivity index (χ2v) is 4.81. The van der Waals surface area contributed by atoms with Crippen LogP contribution in [0.15, 0.2) is 11.6 Å². The average Bonchev–Trinajstić information content (AvgIpc) is 2.38. The Kier molecular flexibility index (Phi) is 14.8. The Morgan fingerprint density at radius 2 is 1.45 bits per heavy atom. The van der Waals surface area contributed by atoms with Crippen LogP contribution >= 0.6 is 0 Å². The van der Waals surface area contributed by atoms with Crippen LogP contribution in [0, 0.1) is 5.92 Å². The molecule has 0 spiro atoms. The summed E-state index contributed by atoms with van der Waals surface area (Å²) in [5, 5.41) is 17.2. The van der Waals surface area contributed by atoms with Gasteiger partial charge in [0.05, 0.1) is 5.92 Å². The number of aliphatic carboxylic acids is 2. The Balaban J connectivity index is 0. The van der Waals surface area contributed by atoms with Crippen LogP contribution in [-0.2, 0) is 9.59 Å². The molecular formula is C16H30O4. The molecule has 0 bridgehead atoms. The summed E-state index contributed by atoms with van der Waals surface area (Å²) in [4.78, 5) is 20.9. The summed E-state index contributed by atoms with van der Waals surface area (Å²) < 4.78 is 0. The number of carboxylic acid groups (broad SMARTS) is 2. The van der Waals surface area contributed by atoms with Crippen LogP contribution in [-0.4, -0.2) is 22.2 Å². The van der Waals surface area contributed by atoms with Crippen molar-refractivity contribution in [2.45, 2.75) is 72.6 Å². The standard InChI is InChI=1S/C8H16O2.C8H14O2/c2*1-3-5-7(6-4-2)8(9)10/h7H,3-6H2,1-2H3,(H,9,10);5H,3-4,6H2,1-2H3,(H,9,10)/b;7-5+. The molecule has 0 amide bonds. The van der Waals surface area contributed by atoms with E-state index in [1.54, 1.807) is 6.08 Å². The van der Waals surface area contributed by atoms with Gasteiger partial charge in [-0.25, -0.2) is 4.79 Å². The second-order valence-electron chi connectivity index (χ2n) is 4.81. The van der Waals surface area contributed by atoms with Crippen molar-refractivity contribution in [3.8, 4) is 0 Å². The molecule has 4 nitrogen and oxygen atoms in total. The van der Waals surface area contributed by atoms with E-state index < -0.39 is 11.9 Å². The number of carboxylic acids is 2. The first-order chi connectivity index (χ1) is 9.44. The molecule has 0 heterocycles. The van der Waals surface area contributed by atoms with Gasteiger partial charge in [0.2, 0.25) is 0 Å². The Hall–Kier alpha value is -1.32. The predicted octanol–water partition coefficient (Wildman–Crippen LogP) is 4.49. The van der Waals surface area contributed by atoms with Crippen molar-refractivity contribution >= 4 is 11.9 Å². The Labute approximate surface area is 122 Å². The predicted molar refractivity (Wildman–Crippen MR) is 81.9 cm³/mol. The van der Waals surface area contributed by atoms with E-state index in [2.05, 4.69) is 0 Å². The molecule has 0 aliphatic carbocycles. The SMILES string of the molecule is CC/C=C(\CCC)C(=O)O.CCCC(CCC)C(=O)O. The number of hydrogen-bond acceptors (Lipinski definition) is 2. The minimum Gasteiger partial charge on any atom is -0.481 e. The molecule has 0 unspecified atom stereocenters. The Morgan fingerprint density at radius 1 is 0.950 bits per heavy atom. The molecule has 0 aromatic heterocycles. The smallest absolute Gasteiger partial charge is 0.331 e. The fourth-order valence-electron chi connectivity index (χ4n) is 1.90. The molecule has 4 heteroatoms. The minimum atomic E-state index is -0.774. The largest absolute Gasteiger partial charge is 0.481 e. The van der Waals surface area contributed by atoms with Crippen molar-refractivity contribution < 1.29 is 19.8 Å². The highest BCUT2D eigenvalue weighted by Gasteiger charge is 2.13. The van der Waals surface area contributed by atoms with E-state index in [0.717, 1.165) is 38.5 Å². The third-order valence-corrected chi connectivity index (χ3v) is 2.87. The monoisotopic (exact) mass is 286 g/mol. The van der Waals surface area contributed by atoms with Gasteiger partial charge in [-0.2, -0.15) is 0 Å². The van der Waals surface area contributed by atoms with Gasteiger partial charge >= 0.3 is 11.9 Å². The number of rotatable bonds is 9. The topological polar surface area (TPSA) is 74.6 Å². The number of carbonyl (C=O) groups is 2. The first kappa shape index (κ1) is 21.0. The van der Waals surface area contributed by atoms with E-state index >= 15 is 0 Å². The Bertz CT molecular complexity index is 289. The fraction of sp³-hybridized carbons (Fsp3) is 0.750. The molecule has 0 saturated heterocycles. The molecule has 0 aliphatic rings. The first-order valence-electron chi connectivity index (χ1n) is 7.59. The van der Waals surface area contributed by atoms with E-state index in [1.807, 2.05) is 27.7 Å². The van der Waals surface area contributed by atoms with Gasteiger partial charge in [0.15, 0.2) is 0 Å². The van der Waals surface area contributed by atoms with Gasteiger partial charge in [-0.3, -0.25) is 4.79 Å². The number of hydrogen-bond donors (Lipinski definition) is 2. The van der Waals surface area contributed by atoms with Crippen LogP contribution in [0.3, 0.4) is 0 Å².